The van der Waals surface area contributed by atoms with Gasteiger partial charge in [-0.25, -0.2) is 9.97 Å². The van der Waals surface area contributed by atoms with Crippen LogP contribution in [-0.4, -0.2) is 38.8 Å². The number of anilines is 2. The Bertz CT molecular complexity index is 1320. The Labute approximate surface area is 219 Å². The molecule has 0 unspecified atom stereocenters. The van der Waals surface area contributed by atoms with Crippen LogP contribution in [0.1, 0.15) is 37.1 Å². The number of thiazole rings is 1. The Kier molecular flexibility index (Phi) is 7.48. The summed E-state index contributed by atoms with van der Waals surface area (Å²) in [6.45, 7) is 5.18. The largest absolute Gasteiger partial charge is 0.453 e. The molecule has 1 fully saturated rings. The molecule has 4 aromatic rings. The predicted molar refractivity (Wildman–Crippen MR) is 143 cm³/mol. The predicted octanol–water partition coefficient (Wildman–Crippen LogP) is 6.65. The number of benzene rings is 1. The first-order chi connectivity index (χ1) is 17.5. The molecule has 1 N–H and O–H groups in total. The fraction of sp³-hybridized carbons (Fsp3) is 0.259. The van der Waals surface area contributed by atoms with E-state index in [1.807, 2.05) is 66.7 Å². The monoisotopic (exact) mass is 517 g/mol. The van der Waals surface area contributed by atoms with Crippen molar-refractivity contribution in [1.29, 1.82) is 0 Å². The lowest BCUT2D eigenvalue weighted by molar-refractivity contribution is -0.129. The summed E-state index contributed by atoms with van der Waals surface area (Å²) in [6, 6.07) is 15.7. The number of aromatic nitrogens is 3. The van der Waals surface area contributed by atoms with Crippen LogP contribution in [0.5, 0.6) is 11.5 Å². The Morgan fingerprint density at radius 3 is 2.58 bits per heavy atom. The van der Waals surface area contributed by atoms with Crippen molar-refractivity contribution in [2.45, 2.75) is 42.4 Å². The summed E-state index contributed by atoms with van der Waals surface area (Å²) in [7, 11) is 0. The topological polar surface area (TPSA) is 80.2 Å². The second-order valence-corrected chi connectivity index (χ2v) is 10.7. The van der Waals surface area contributed by atoms with Crippen LogP contribution in [0.2, 0.25) is 0 Å². The molecule has 4 heterocycles. The van der Waals surface area contributed by atoms with Gasteiger partial charge < -0.3 is 15.0 Å². The molecule has 184 valence electrons. The maximum absolute atomic E-state index is 11.6. The smallest absolute Gasteiger partial charge is 0.219 e. The number of pyridine rings is 2. The number of aryl methyl sites for hydroxylation is 1. The molecule has 9 heteroatoms. The lowest BCUT2D eigenvalue weighted by atomic mass is 9.94. The zero-order chi connectivity index (χ0) is 24.9. The van der Waals surface area contributed by atoms with E-state index in [1.54, 1.807) is 30.0 Å². The number of carbonyl (C=O) groups is 1. The third-order valence-corrected chi connectivity index (χ3v) is 7.74. The van der Waals surface area contributed by atoms with E-state index < -0.39 is 0 Å². The summed E-state index contributed by atoms with van der Waals surface area (Å²) in [4.78, 5) is 29.4. The molecular formula is C27H27N5O2S2. The van der Waals surface area contributed by atoms with Gasteiger partial charge in [-0.15, -0.1) is 11.3 Å². The summed E-state index contributed by atoms with van der Waals surface area (Å²) in [5.41, 5.74) is 2.05. The molecule has 7 nitrogen and oxygen atoms in total. The number of nitrogens with zero attached hydrogens (tertiary/aromatic N) is 4. The fourth-order valence-electron chi connectivity index (χ4n) is 4.04. The Morgan fingerprint density at radius 2 is 1.86 bits per heavy atom. The lowest BCUT2D eigenvalue weighted by Gasteiger charge is -2.30. The lowest BCUT2D eigenvalue weighted by Crippen LogP contribution is -2.36. The highest BCUT2D eigenvalue weighted by Crippen LogP contribution is 2.37. The number of carbonyl (C=O) groups excluding carboxylic acids is 1. The molecular weight excluding hydrogens is 490 g/mol. The van der Waals surface area contributed by atoms with E-state index in [2.05, 4.69) is 26.7 Å². The van der Waals surface area contributed by atoms with Crippen LogP contribution in [0, 0.1) is 6.92 Å². The zero-order valence-electron chi connectivity index (χ0n) is 20.2. The standard InChI is InChI=1S/C27H27N5O2S2/c1-18-8-9-22(15-28-18)36-23-14-25(34-21-6-4-3-5-7-21)26(29-16-23)31-27-30-24(17-35-27)20-10-12-32(13-11-20)19(2)33/h3-9,14-17,20H,10-13H2,1-2H3,(H,29,30,31). The van der Waals surface area contributed by atoms with Gasteiger partial charge in [0, 0.05) is 65.3 Å². The number of amides is 1. The number of hydrogen-bond acceptors (Lipinski definition) is 8. The van der Waals surface area contributed by atoms with Crippen LogP contribution in [0.15, 0.2) is 76.1 Å². The highest BCUT2D eigenvalue weighted by Gasteiger charge is 2.24. The maximum atomic E-state index is 11.6. The molecule has 1 aliphatic heterocycles. The number of likely N-dealkylation sites (tertiary alicyclic amines) is 1. The Hall–Kier alpha value is -3.43. The number of ether oxygens (including phenoxy) is 1. The van der Waals surface area contributed by atoms with Crippen molar-refractivity contribution in [1.82, 2.24) is 19.9 Å². The van der Waals surface area contributed by atoms with E-state index in [4.69, 9.17) is 9.72 Å². The summed E-state index contributed by atoms with van der Waals surface area (Å²) in [5.74, 6) is 2.47. The van der Waals surface area contributed by atoms with Gasteiger partial charge in [0.2, 0.25) is 5.91 Å². The highest BCUT2D eigenvalue weighted by atomic mass is 32.2. The van der Waals surface area contributed by atoms with Gasteiger partial charge in [-0.1, -0.05) is 30.0 Å². The molecule has 0 aliphatic carbocycles. The number of rotatable bonds is 7. The molecule has 0 bridgehead atoms. The number of hydrogen-bond donors (Lipinski definition) is 1. The number of nitrogens with one attached hydrogen (secondary N) is 1. The SMILES string of the molecule is CC(=O)N1CCC(c2csc(Nc3ncc(Sc4ccc(C)nc4)cc3Oc3ccccc3)n2)CC1. The molecule has 1 saturated heterocycles. The fourth-order valence-corrected chi connectivity index (χ4v) is 5.62. The average Bonchev–Trinajstić information content (AvgIpc) is 3.36. The highest BCUT2D eigenvalue weighted by molar-refractivity contribution is 7.99. The molecule has 1 aromatic carbocycles. The average molecular weight is 518 g/mol. The minimum Gasteiger partial charge on any atom is -0.453 e. The van der Waals surface area contributed by atoms with Crippen molar-refractivity contribution in [2.75, 3.05) is 18.4 Å². The van der Waals surface area contributed by atoms with Gasteiger partial charge in [-0.3, -0.25) is 9.78 Å². The van der Waals surface area contributed by atoms with E-state index in [0.717, 1.165) is 58.0 Å². The van der Waals surface area contributed by atoms with E-state index in [1.165, 1.54) is 0 Å². The number of piperidine rings is 1. The van der Waals surface area contributed by atoms with Crippen molar-refractivity contribution < 1.29 is 9.53 Å². The van der Waals surface area contributed by atoms with Crippen molar-refractivity contribution in [3.05, 3.63) is 77.7 Å². The van der Waals surface area contributed by atoms with E-state index >= 15 is 0 Å². The van der Waals surface area contributed by atoms with Crippen molar-refractivity contribution in [3.8, 4) is 11.5 Å². The van der Waals surface area contributed by atoms with Crippen molar-refractivity contribution in [2.24, 2.45) is 0 Å². The van der Waals surface area contributed by atoms with Gasteiger partial charge >= 0.3 is 0 Å². The third-order valence-electron chi connectivity index (χ3n) is 6.02. The van der Waals surface area contributed by atoms with E-state index in [9.17, 15) is 4.79 Å². The summed E-state index contributed by atoms with van der Waals surface area (Å²) in [5, 5.41) is 6.23. The van der Waals surface area contributed by atoms with Crippen LogP contribution in [0.3, 0.4) is 0 Å². The quantitative estimate of drug-likeness (QED) is 0.294. The van der Waals surface area contributed by atoms with E-state index in [-0.39, 0.29) is 5.91 Å². The minimum atomic E-state index is 0.145. The van der Waals surface area contributed by atoms with Gasteiger partial charge in [0.25, 0.3) is 0 Å². The summed E-state index contributed by atoms with van der Waals surface area (Å²) < 4.78 is 6.22. The molecule has 0 spiro atoms. The molecule has 1 amide bonds. The van der Waals surface area contributed by atoms with Crippen LogP contribution < -0.4 is 10.1 Å². The maximum Gasteiger partial charge on any atom is 0.219 e. The summed E-state index contributed by atoms with van der Waals surface area (Å²) >= 11 is 3.14. The van der Waals surface area contributed by atoms with Crippen LogP contribution in [0.25, 0.3) is 0 Å². The normalized spacial score (nSPS) is 14.0. The minimum absolute atomic E-state index is 0.145. The van der Waals surface area contributed by atoms with Gasteiger partial charge in [-0.05, 0) is 44.0 Å². The molecule has 3 aromatic heterocycles. The van der Waals surface area contributed by atoms with Crippen molar-refractivity contribution >= 4 is 40.0 Å². The summed E-state index contributed by atoms with van der Waals surface area (Å²) in [6.07, 6.45) is 5.56. The number of para-hydroxylation sites is 1. The van der Waals surface area contributed by atoms with Gasteiger partial charge in [-0.2, -0.15) is 0 Å². The van der Waals surface area contributed by atoms with Crippen molar-refractivity contribution in [3.63, 3.8) is 0 Å². The van der Waals surface area contributed by atoms with Crippen LogP contribution in [0.4, 0.5) is 10.9 Å². The first-order valence-corrected chi connectivity index (χ1v) is 13.5. The Balaban J connectivity index is 1.34. The molecule has 5 rings (SSSR count). The Morgan fingerprint density at radius 1 is 1.08 bits per heavy atom. The van der Waals surface area contributed by atoms with Gasteiger partial charge in [0.1, 0.15) is 5.75 Å². The molecule has 0 atom stereocenters. The molecule has 36 heavy (non-hydrogen) atoms. The first kappa shape index (κ1) is 24.3. The first-order valence-electron chi connectivity index (χ1n) is 11.8. The third kappa shape index (κ3) is 6.03. The molecule has 1 aliphatic rings. The second-order valence-electron chi connectivity index (χ2n) is 8.65. The molecule has 0 radical (unpaired) electrons. The van der Waals surface area contributed by atoms with E-state index in [0.29, 0.717) is 17.5 Å². The second kappa shape index (κ2) is 11.1. The van der Waals surface area contributed by atoms with Gasteiger partial charge in [0.05, 0.1) is 5.69 Å². The van der Waals surface area contributed by atoms with Gasteiger partial charge in [0.15, 0.2) is 16.7 Å². The zero-order valence-corrected chi connectivity index (χ0v) is 21.8. The van der Waals surface area contributed by atoms with Crippen LogP contribution in [-0.2, 0) is 4.79 Å². The molecule has 0 saturated carbocycles. The van der Waals surface area contributed by atoms with Crippen LogP contribution >= 0.6 is 23.1 Å².